The molecule has 2 aliphatic heterocycles. The molecule has 152 valence electrons. The molecular formula is C19H28N6O2S. The lowest BCUT2D eigenvalue weighted by atomic mass is 9.95. The first-order chi connectivity index (χ1) is 13.5. The van der Waals surface area contributed by atoms with Gasteiger partial charge in [0.05, 0.1) is 0 Å². The van der Waals surface area contributed by atoms with E-state index in [1.807, 2.05) is 31.2 Å². The zero-order valence-electron chi connectivity index (χ0n) is 16.3. The highest BCUT2D eigenvalue weighted by Gasteiger charge is 2.35. The number of nitrogens with one attached hydrogen (secondary N) is 2. The lowest BCUT2D eigenvalue weighted by Gasteiger charge is -2.36. The molecule has 0 bridgehead atoms. The molecule has 2 aliphatic rings. The maximum Gasteiger partial charge on any atom is 0.281 e. The van der Waals surface area contributed by atoms with Crippen molar-refractivity contribution in [3.63, 3.8) is 0 Å². The Hall–Kier alpha value is -1.97. The lowest BCUT2D eigenvalue weighted by molar-refractivity contribution is 0.266. The van der Waals surface area contributed by atoms with Crippen LogP contribution in [-0.4, -0.2) is 58.4 Å². The van der Waals surface area contributed by atoms with Crippen LogP contribution in [0.25, 0.3) is 0 Å². The summed E-state index contributed by atoms with van der Waals surface area (Å²) in [6, 6.07) is 7.77. The van der Waals surface area contributed by atoms with Gasteiger partial charge in [0.2, 0.25) is 0 Å². The van der Waals surface area contributed by atoms with Crippen molar-refractivity contribution in [2.75, 3.05) is 31.5 Å². The molecule has 0 amide bonds. The molecule has 0 aliphatic carbocycles. The van der Waals surface area contributed by atoms with Gasteiger partial charge >= 0.3 is 0 Å². The highest BCUT2D eigenvalue weighted by molar-refractivity contribution is 7.86. The topological polar surface area (TPSA) is 94.2 Å². The molecule has 28 heavy (non-hydrogen) atoms. The van der Waals surface area contributed by atoms with E-state index in [2.05, 4.69) is 15.5 Å². The number of rotatable bonds is 5. The highest BCUT2D eigenvalue weighted by Crippen LogP contribution is 2.30. The first-order valence-corrected chi connectivity index (χ1v) is 11.4. The molecule has 4 rings (SSSR count). The van der Waals surface area contributed by atoms with Crippen LogP contribution >= 0.6 is 0 Å². The molecule has 2 saturated heterocycles. The number of hydrogen-bond acceptors (Lipinski definition) is 5. The molecule has 0 saturated carbocycles. The fourth-order valence-corrected chi connectivity index (χ4v) is 5.79. The summed E-state index contributed by atoms with van der Waals surface area (Å²) < 4.78 is 29.4. The summed E-state index contributed by atoms with van der Waals surface area (Å²) in [5.41, 5.74) is 1.90. The maximum atomic E-state index is 13.0. The van der Waals surface area contributed by atoms with Crippen molar-refractivity contribution in [3.8, 4) is 0 Å². The van der Waals surface area contributed by atoms with E-state index in [1.54, 1.807) is 8.61 Å². The van der Waals surface area contributed by atoms with Crippen LogP contribution in [-0.2, 0) is 10.2 Å². The van der Waals surface area contributed by atoms with Gasteiger partial charge in [0, 0.05) is 49.6 Å². The average Bonchev–Trinajstić information content (AvgIpc) is 3.13. The largest absolute Gasteiger partial charge is 0.323 e. The standard InChI is InChI=1S/C19H28N6O2S/c1-15-13-19(23-22-15)21-18-9-5-8-17(20-18)16-7-6-12-25(14-16)28(26,27)24-10-3-2-4-11-24/h5,8-9,13,16H,2-4,6-7,10-12,14H2,1H3,(H2,20,21,22,23). The number of H-pyrrole nitrogens is 1. The van der Waals surface area contributed by atoms with Crippen molar-refractivity contribution in [1.82, 2.24) is 23.8 Å². The fourth-order valence-electron chi connectivity index (χ4n) is 4.01. The van der Waals surface area contributed by atoms with E-state index < -0.39 is 10.2 Å². The average molecular weight is 405 g/mol. The van der Waals surface area contributed by atoms with Crippen LogP contribution in [0.5, 0.6) is 0 Å². The fraction of sp³-hybridized carbons (Fsp3) is 0.579. The highest BCUT2D eigenvalue weighted by atomic mass is 32.2. The normalized spacial score (nSPS) is 22.2. The summed E-state index contributed by atoms with van der Waals surface area (Å²) in [6.07, 6.45) is 4.84. The van der Waals surface area contributed by atoms with E-state index in [0.29, 0.717) is 26.2 Å². The van der Waals surface area contributed by atoms with Gasteiger partial charge in [-0.25, -0.2) is 4.98 Å². The van der Waals surface area contributed by atoms with Crippen molar-refractivity contribution in [3.05, 3.63) is 35.7 Å². The molecule has 9 heteroatoms. The second-order valence-corrected chi connectivity index (χ2v) is 9.60. The molecule has 0 spiro atoms. The second kappa shape index (κ2) is 8.18. The molecular weight excluding hydrogens is 376 g/mol. The summed E-state index contributed by atoms with van der Waals surface area (Å²) in [5, 5.41) is 10.3. The number of pyridine rings is 1. The van der Waals surface area contributed by atoms with Crippen LogP contribution in [0.4, 0.5) is 11.6 Å². The molecule has 0 radical (unpaired) electrons. The van der Waals surface area contributed by atoms with Gasteiger partial charge in [-0.15, -0.1) is 0 Å². The zero-order valence-corrected chi connectivity index (χ0v) is 17.1. The minimum absolute atomic E-state index is 0.107. The number of nitrogens with zero attached hydrogens (tertiary/aromatic N) is 4. The summed E-state index contributed by atoms with van der Waals surface area (Å²) in [4.78, 5) is 4.73. The molecule has 2 N–H and O–H groups in total. The molecule has 8 nitrogen and oxygen atoms in total. The maximum absolute atomic E-state index is 13.0. The third-order valence-corrected chi connectivity index (χ3v) is 7.50. The van der Waals surface area contributed by atoms with Gasteiger partial charge in [-0.2, -0.15) is 22.1 Å². The van der Waals surface area contributed by atoms with E-state index in [4.69, 9.17) is 4.98 Å². The van der Waals surface area contributed by atoms with E-state index in [-0.39, 0.29) is 5.92 Å². The number of aromatic amines is 1. The van der Waals surface area contributed by atoms with E-state index >= 15 is 0 Å². The van der Waals surface area contributed by atoms with Crippen LogP contribution in [0.15, 0.2) is 24.3 Å². The zero-order chi connectivity index (χ0) is 19.6. The van der Waals surface area contributed by atoms with Gasteiger partial charge < -0.3 is 5.32 Å². The summed E-state index contributed by atoms with van der Waals surface area (Å²) in [5.74, 6) is 1.55. The second-order valence-electron chi connectivity index (χ2n) is 7.67. The Bertz CT molecular complexity index is 907. The molecule has 4 heterocycles. The third-order valence-electron chi connectivity index (χ3n) is 5.50. The van der Waals surface area contributed by atoms with E-state index in [0.717, 1.165) is 55.1 Å². The molecule has 2 aromatic heterocycles. The molecule has 1 unspecified atom stereocenters. The minimum Gasteiger partial charge on any atom is -0.323 e. The van der Waals surface area contributed by atoms with Crippen LogP contribution in [0, 0.1) is 6.92 Å². The Morgan fingerprint density at radius 2 is 1.86 bits per heavy atom. The molecule has 2 fully saturated rings. The summed E-state index contributed by atoms with van der Waals surface area (Å²) in [7, 11) is -3.37. The van der Waals surface area contributed by atoms with Gasteiger partial charge in [-0.3, -0.25) is 5.10 Å². The van der Waals surface area contributed by atoms with E-state index in [1.165, 1.54) is 0 Å². The number of piperidine rings is 2. The number of aromatic nitrogens is 3. The minimum atomic E-state index is -3.37. The van der Waals surface area contributed by atoms with Crippen molar-refractivity contribution in [2.45, 2.75) is 44.9 Å². The lowest BCUT2D eigenvalue weighted by Crippen LogP contribution is -2.49. The Kier molecular flexibility index (Phi) is 5.65. The van der Waals surface area contributed by atoms with Crippen LogP contribution < -0.4 is 5.32 Å². The summed E-state index contributed by atoms with van der Waals surface area (Å²) >= 11 is 0. The van der Waals surface area contributed by atoms with Gasteiger partial charge in [0.25, 0.3) is 10.2 Å². The van der Waals surface area contributed by atoms with Gasteiger partial charge in [-0.1, -0.05) is 12.5 Å². The molecule has 0 aromatic carbocycles. The quantitative estimate of drug-likeness (QED) is 0.799. The third kappa shape index (κ3) is 4.21. The van der Waals surface area contributed by atoms with Crippen molar-refractivity contribution in [1.29, 1.82) is 0 Å². The number of anilines is 2. The first kappa shape index (κ1) is 19.4. The van der Waals surface area contributed by atoms with Gasteiger partial charge in [-0.05, 0) is 44.7 Å². The van der Waals surface area contributed by atoms with Crippen LogP contribution in [0.2, 0.25) is 0 Å². The van der Waals surface area contributed by atoms with Crippen LogP contribution in [0.1, 0.15) is 49.4 Å². The predicted octanol–water partition coefficient (Wildman–Crippen LogP) is 2.77. The van der Waals surface area contributed by atoms with Crippen molar-refractivity contribution >= 4 is 21.8 Å². The van der Waals surface area contributed by atoms with Crippen molar-refractivity contribution in [2.24, 2.45) is 0 Å². The van der Waals surface area contributed by atoms with E-state index in [9.17, 15) is 8.42 Å². The van der Waals surface area contributed by atoms with Gasteiger partial charge in [0.1, 0.15) is 5.82 Å². The Morgan fingerprint density at radius 1 is 1.07 bits per heavy atom. The summed E-state index contributed by atoms with van der Waals surface area (Å²) in [6.45, 7) is 4.33. The van der Waals surface area contributed by atoms with Gasteiger partial charge in [0.15, 0.2) is 5.82 Å². The predicted molar refractivity (Wildman–Crippen MR) is 109 cm³/mol. The smallest absolute Gasteiger partial charge is 0.281 e. The first-order valence-electron chi connectivity index (χ1n) is 10.0. The number of hydrogen-bond donors (Lipinski definition) is 2. The Morgan fingerprint density at radius 3 is 2.61 bits per heavy atom. The monoisotopic (exact) mass is 404 g/mol. The molecule has 2 aromatic rings. The van der Waals surface area contributed by atoms with Crippen molar-refractivity contribution < 1.29 is 8.42 Å². The van der Waals surface area contributed by atoms with Crippen LogP contribution in [0.3, 0.4) is 0 Å². The molecule has 1 atom stereocenters. The Labute approximate surface area is 166 Å². The number of aryl methyl sites for hydroxylation is 1. The Balaban J connectivity index is 1.47. The SMILES string of the molecule is Cc1cc(Nc2cccc(C3CCCN(S(=O)(=O)N4CCCCC4)C3)n2)n[nH]1.